The maximum Gasteiger partial charge on any atom is 0.322 e. The normalized spacial score (nSPS) is 21.7. The highest BCUT2D eigenvalue weighted by molar-refractivity contribution is 5.90. The number of anilines is 1. The zero-order chi connectivity index (χ0) is 19.4. The van der Waals surface area contributed by atoms with Crippen LogP contribution in [0.4, 0.5) is 10.5 Å². The van der Waals surface area contributed by atoms with E-state index in [4.69, 9.17) is 14.7 Å². The Labute approximate surface area is 157 Å². The van der Waals surface area contributed by atoms with Crippen molar-refractivity contribution in [1.29, 1.82) is 0 Å². The molecule has 144 valence electrons. The summed E-state index contributed by atoms with van der Waals surface area (Å²) in [5.74, 6) is 0.339. The Morgan fingerprint density at radius 1 is 1.30 bits per heavy atom. The van der Waals surface area contributed by atoms with Gasteiger partial charge in [0.25, 0.3) is 5.91 Å². The second-order valence-corrected chi connectivity index (χ2v) is 6.53. The molecular weight excluding hydrogens is 350 g/mol. The van der Waals surface area contributed by atoms with Crippen LogP contribution in [0.5, 0.6) is 5.75 Å². The summed E-state index contributed by atoms with van der Waals surface area (Å²) in [5.41, 5.74) is 3.19. The van der Waals surface area contributed by atoms with Crippen molar-refractivity contribution in [2.45, 2.75) is 19.4 Å². The molecule has 3 amide bonds. The van der Waals surface area contributed by atoms with E-state index in [1.807, 2.05) is 13.0 Å². The number of nitrogens with zero attached hydrogens (tertiary/aromatic N) is 1. The third-order valence-corrected chi connectivity index (χ3v) is 4.69. The van der Waals surface area contributed by atoms with Crippen LogP contribution in [-0.4, -0.2) is 48.3 Å². The molecule has 8 heteroatoms. The summed E-state index contributed by atoms with van der Waals surface area (Å²) >= 11 is 0. The molecule has 1 aliphatic carbocycles. The standard InChI is InChI=1S/C19H23N3O5/c1-12-11-27-17-9-13(18(23)21-25)3-4-14(17)10-22(12)19(24)20-15-5-7-16(26-2)8-6-15/h4-9,12-13,25H,3,10-11H2,1-2H3,(H,20,24)(H,21,23)/t12-,13?/m0/s1. The van der Waals surface area contributed by atoms with Gasteiger partial charge in [-0.1, -0.05) is 6.08 Å². The van der Waals surface area contributed by atoms with E-state index in [1.165, 1.54) is 0 Å². The second kappa shape index (κ2) is 8.13. The number of fused-ring (bicyclic) bond motifs is 1. The SMILES string of the molecule is COc1ccc(NC(=O)N2CC3=CCC(C(=O)NO)C=C3OC[C@@H]2C)cc1. The smallest absolute Gasteiger partial charge is 0.322 e. The zero-order valence-corrected chi connectivity index (χ0v) is 15.3. The van der Waals surface area contributed by atoms with Gasteiger partial charge in [0, 0.05) is 11.3 Å². The summed E-state index contributed by atoms with van der Waals surface area (Å²) in [6.07, 6.45) is 4.01. The molecule has 3 N–H and O–H groups in total. The van der Waals surface area contributed by atoms with E-state index in [0.29, 0.717) is 36.8 Å². The van der Waals surface area contributed by atoms with E-state index in [1.54, 1.807) is 47.8 Å². The van der Waals surface area contributed by atoms with Crippen LogP contribution in [0.3, 0.4) is 0 Å². The highest BCUT2D eigenvalue weighted by atomic mass is 16.5. The van der Waals surface area contributed by atoms with E-state index in [9.17, 15) is 9.59 Å². The van der Waals surface area contributed by atoms with Crippen LogP contribution < -0.4 is 15.5 Å². The van der Waals surface area contributed by atoms with Gasteiger partial charge in [0.05, 0.1) is 25.6 Å². The van der Waals surface area contributed by atoms with Gasteiger partial charge in [-0.05, 0) is 43.7 Å². The van der Waals surface area contributed by atoms with Crippen LogP contribution in [0.15, 0.2) is 47.7 Å². The lowest BCUT2D eigenvalue weighted by Crippen LogP contribution is -2.43. The first kappa shape index (κ1) is 18.8. The van der Waals surface area contributed by atoms with Crippen molar-refractivity contribution in [2.75, 3.05) is 25.6 Å². The first-order chi connectivity index (χ1) is 13.0. The third-order valence-electron chi connectivity index (χ3n) is 4.69. The molecule has 1 heterocycles. The molecule has 3 rings (SSSR count). The molecule has 1 aromatic carbocycles. The number of methoxy groups -OCH3 is 1. The number of urea groups is 1. The summed E-state index contributed by atoms with van der Waals surface area (Å²) in [5, 5.41) is 11.7. The van der Waals surface area contributed by atoms with Crippen molar-refractivity contribution in [3.8, 4) is 5.75 Å². The van der Waals surface area contributed by atoms with Crippen molar-refractivity contribution in [3.05, 3.63) is 47.7 Å². The lowest BCUT2D eigenvalue weighted by molar-refractivity contribution is -0.131. The molecule has 2 atom stereocenters. The van der Waals surface area contributed by atoms with Crippen LogP contribution in [0.1, 0.15) is 13.3 Å². The van der Waals surface area contributed by atoms with Crippen LogP contribution in [0, 0.1) is 5.92 Å². The fraction of sp³-hybridized carbons (Fsp3) is 0.368. The average Bonchev–Trinajstić information content (AvgIpc) is 2.86. The number of nitrogens with one attached hydrogen (secondary N) is 2. The minimum atomic E-state index is -0.483. The number of hydroxylamine groups is 1. The Bertz CT molecular complexity index is 772. The second-order valence-electron chi connectivity index (χ2n) is 6.53. The number of hydrogen-bond donors (Lipinski definition) is 3. The highest BCUT2D eigenvalue weighted by Crippen LogP contribution is 2.28. The van der Waals surface area contributed by atoms with Gasteiger partial charge in [0.15, 0.2) is 0 Å². The van der Waals surface area contributed by atoms with Crippen molar-refractivity contribution < 1.29 is 24.3 Å². The molecule has 1 fully saturated rings. The van der Waals surface area contributed by atoms with E-state index in [2.05, 4.69) is 5.32 Å². The summed E-state index contributed by atoms with van der Waals surface area (Å²) < 4.78 is 10.9. The van der Waals surface area contributed by atoms with Crippen molar-refractivity contribution in [1.82, 2.24) is 10.4 Å². The molecule has 0 radical (unpaired) electrons. The van der Waals surface area contributed by atoms with Gasteiger partial charge in [0.2, 0.25) is 0 Å². The van der Waals surface area contributed by atoms with Gasteiger partial charge >= 0.3 is 6.03 Å². The number of rotatable bonds is 3. The van der Waals surface area contributed by atoms with Gasteiger partial charge < -0.3 is 19.7 Å². The summed E-state index contributed by atoms with van der Waals surface area (Å²) in [4.78, 5) is 26.1. The maximum atomic E-state index is 12.8. The molecule has 0 bridgehead atoms. The minimum absolute atomic E-state index is 0.152. The van der Waals surface area contributed by atoms with Gasteiger partial charge in [0.1, 0.15) is 18.1 Å². The minimum Gasteiger partial charge on any atom is -0.497 e. The van der Waals surface area contributed by atoms with Gasteiger partial charge in [-0.3, -0.25) is 10.0 Å². The monoisotopic (exact) mass is 373 g/mol. The molecule has 1 aliphatic heterocycles. The molecular formula is C19H23N3O5. The van der Waals surface area contributed by atoms with Crippen molar-refractivity contribution >= 4 is 17.6 Å². The number of benzene rings is 1. The number of allylic oxidation sites excluding steroid dienone is 1. The van der Waals surface area contributed by atoms with Gasteiger partial charge in [-0.2, -0.15) is 0 Å². The van der Waals surface area contributed by atoms with E-state index in [0.717, 1.165) is 5.57 Å². The number of carbonyl (C=O) groups is 2. The Morgan fingerprint density at radius 3 is 2.70 bits per heavy atom. The predicted molar refractivity (Wildman–Crippen MR) is 98.3 cm³/mol. The van der Waals surface area contributed by atoms with Gasteiger partial charge in [-0.15, -0.1) is 0 Å². The topological polar surface area (TPSA) is 100 Å². The molecule has 0 saturated carbocycles. The van der Waals surface area contributed by atoms with Crippen LogP contribution in [-0.2, 0) is 9.53 Å². The Kier molecular flexibility index (Phi) is 5.66. The predicted octanol–water partition coefficient (Wildman–Crippen LogP) is 2.28. The summed E-state index contributed by atoms with van der Waals surface area (Å²) in [6, 6.07) is 6.73. The van der Waals surface area contributed by atoms with E-state index >= 15 is 0 Å². The van der Waals surface area contributed by atoms with Crippen molar-refractivity contribution in [3.63, 3.8) is 0 Å². The van der Waals surface area contributed by atoms with Gasteiger partial charge in [-0.25, -0.2) is 10.3 Å². The highest BCUT2D eigenvalue weighted by Gasteiger charge is 2.30. The van der Waals surface area contributed by atoms with Crippen LogP contribution in [0.2, 0.25) is 0 Å². The third kappa shape index (κ3) is 4.22. The summed E-state index contributed by atoms with van der Waals surface area (Å²) in [6.45, 7) is 2.60. The number of ether oxygens (including phenoxy) is 2. The fourth-order valence-corrected chi connectivity index (χ4v) is 3.06. The maximum absolute atomic E-state index is 12.8. The quantitative estimate of drug-likeness (QED) is 0.558. The van der Waals surface area contributed by atoms with Crippen molar-refractivity contribution in [2.24, 2.45) is 5.92 Å². The molecule has 27 heavy (non-hydrogen) atoms. The molecule has 1 saturated heterocycles. The molecule has 2 aliphatic rings. The average molecular weight is 373 g/mol. The molecule has 0 spiro atoms. The van der Waals surface area contributed by atoms with E-state index in [-0.39, 0.29) is 12.1 Å². The molecule has 8 nitrogen and oxygen atoms in total. The Balaban J connectivity index is 1.71. The Morgan fingerprint density at radius 2 is 2.04 bits per heavy atom. The lowest BCUT2D eigenvalue weighted by Gasteiger charge is -2.26. The van der Waals surface area contributed by atoms with E-state index < -0.39 is 11.8 Å². The molecule has 1 aromatic rings. The first-order valence-corrected chi connectivity index (χ1v) is 8.71. The Hall–Kier alpha value is -3.00. The number of amides is 3. The van der Waals surface area contributed by atoms with Crippen LogP contribution >= 0.6 is 0 Å². The lowest BCUT2D eigenvalue weighted by atomic mass is 9.94. The molecule has 1 unspecified atom stereocenters. The zero-order valence-electron chi connectivity index (χ0n) is 15.3. The largest absolute Gasteiger partial charge is 0.497 e. The summed E-state index contributed by atoms with van der Waals surface area (Å²) in [7, 11) is 1.59. The molecule has 0 aromatic heterocycles. The fourth-order valence-electron chi connectivity index (χ4n) is 3.06. The first-order valence-electron chi connectivity index (χ1n) is 8.71. The van der Waals surface area contributed by atoms with Crippen LogP contribution in [0.25, 0.3) is 0 Å². The number of hydrogen-bond acceptors (Lipinski definition) is 5. The number of carbonyl (C=O) groups excluding carboxylic acids is 2.